The highest BCUT2D eigenvalue weighted by molar-refractivity contribution is 7.99. The molecule has 1 saturated heterocycles. The summed E-state index contributed by atoms with van der Waals surface area (Å²) in [6.07, 6.45) is 0.684. The second-order valence-corrected chi connectivity index (χ2v) is 5.33. The van der Waals surface area contributed by atoms with Gasteiger partial charge in [0, 0.05) is 12.3 Å². The highest BCUT2D eigenvalue weighted by Crippen LogP contribution is 2.22. The van der Waals surface area contributed by atoms with Crippen LogP contribution < -0.4 is 0 Å². The van der Waals surface area contributed by atoms with Crippen molar-refractivity contribution in [1.29, 1.82) is 0 Å². The van der Waals surface area contributed by atoms with E-state index in [1.54, 1.807) is 6.92 Å². The van der Waals surface area contributed by atoms with Gasteiger partial charge in [0.1, 0.15) is 12.6 Å². The molecule has 0 aromatic rings. The number of rotatable bonds is 6. The fourth-order valence-corrected chi connectivity index (χ4v) is 3.03. The lowest BCUT2D eigenvalue weighted by Crippen LogP contribution is -2.50. The van der Waals surface area contributed by atoms with E-state index in [-0.39, 0.29) is 13.2 Å². The molecule has 0 aromatic carbocycles. The molecule has 7 nitrogen and oxygen atoms in total. The summed E-state index contributed by atoms with van der Waals surface area (Å²) in [6.45, 7) is 4.09. The number of ether oxygens (including phenoxy) is 1. The zero-order valence-corrected chi connectivity index (χ0v) is 12.5. The Balaban J connectivity index is 2.72. The predicted octanol–water partition coefficient (Wildman–Crippen LogP) is 0.841. The van der Waals surface area contributed by atoms with Crippen molar-refractivity contribution in [1.82, 2.24) is 9.80 Å². The summed E-state index contributed by atoms with van der Waals surface area (Å²) in [6, 6.07) is -1.24. The van der Waals surface area contributed by atoms with Crippen molar-refractivity contribution >= 4 is 29.7 Å². The molecule has 0 radical (unpaired) electrons. The molecule has 114 valence electrons. The zero-order chi connectivity index (χ0) is 15.1. The number of carboxylic acid groups (broad SMARTS) is 1. The van der Waals surface area contributed by atoms with Crippen LogP contribution in [-0.2, 0) is 14.3 Å². The molecule has 1 aliphatic rings. The average Bonchev–Trinajstić information content (AvgIpc) is 2.87. The van der Waals surface area contributed by atoms with Crippen molar-refractivity contribution in [3.8, 4) is 0 Å². The number of hydrogen-bond donors (Lipinski definition) is 1. The molecule has 1 unspecified atom stereocenters. The van der Waals surface area contributed by atoms with Gasteiger partial charge in [-0.15, -0.1) is 11.8 Å². The van der Waals surface area contributed by atoms with Gasteiger partial charge < -0.3 is 19.6 Å². The second-order valence-electron chi connectivity index (χ2n) is 4.33. The van der Waals surface area contributed by atoms with Crippen LogP contribution in [-0.4, -0.2) is 70.2 Å². The van der Waals surface area contributed by atoms with Crippen molar-refractivity contribution in [2.45, 2.75) is 26.3 Å². The molecule has 1 fully saturated rings. The van der Waals surface area contributed by atoms with Crippen molar-refractivity contribution in [2.24, 2.45) is 0 Å². The third kappa shape index (κ3) is 4.29. The number of nitrogens with zero attached hydrogens (tertiary/aromatic N) is 2. The van der Waals surface area contributed by atoms with Gasteiger partial charge in [-0.25, -0.2) is 9.59 Å². The molecule has 1 N–H and O–H groups in total. The van der Waals surface area contributed by atoms with E-state index in [1.165, 1.54) is 21.6 Å². The third-order valence-electron chi connectivity index (χ3n) is 2.80. The summed E-state index contributed by atoms with van der Waals surface area (Å²) < 4.78 is 4.83. The Labute approximate surface area is 122 Å². The van der Waals surface area contributed by atoms with Crippen molar-refractivity contribution in [3.05, 3.63) is 0 Å². The van der Waals surface area contributed by atoms with E-state index in [0.29, 0.717) is 24.6 Å². The monoisotopic (exact) mass is 304 g/mol. The quantitative estimate of drug-likeness (QED) is 0.732. The summed E-state index contributed by atoms with van der Waals surface area (Å²) in [7, 11) is 0. The van der Waals surface area contributed by atoms with Crippen LogP contribution in [0.2, 0.25) is 0 Å². The van der Waals surface area contributed by atoms with Gasteiger partial charge in [0.15, 0.2) is 0 Å². The van der Waals surface area contributed by atoms with E-state index in [2.05, 4.69) is 0 Å². The number of carbonyl (C=O) groups excluding carboxylic acids is 2. The maximum Gasteiger partial charge on any atom is 0.327 e. The number of esters is 1. The Kier molecular flexibility index (Phi) is 6.63. The third-order valence-corrected chi connectivity index (χ3v) is 3.81. The van der Waals surface area contributed by atoms with Crippen molar-refractivity contribution < 1.29 is 24.2 Å². The van der Waals surface area contributed by atoms with E-state index >= 15 is 0 Å². The molecule has 0 aliphatic carbocycles. The number of aliphatic carboxylic acids is 1. The van der Waals surface area contributed by atoms with Gasteiger partial charge in [-0.2, -0.15) is 0 Å². The van der Waals surface area contributed by atoms with Crippen LogP contribution in [0.4, 0.5) is 4.79 Å². The maximum atomic E-state index is 12.4. The van der Waals surface area contributed by atoms with Crippen LogP contribution in [0.3, 0.4) is 0 Å². The van der Waals surface area contributed by atoms with Gasteiger partial charge in [-0.1, -0.05) is 6.92 Å². The number of thioether (sulfide) groups is 1. The van der Waals surface area contributed by atoms with Gasteiger partial charge in [0.25, 0.3) is 0 Å². The highest BCUT2D eigenvalue weighted by Gasteiger charge is 2.37. The first-order valence-corrected chi connectivity index (χ1v) is 7.68. The van der Waals surface area contributed by atoms with Crippen LogP contribution in [0.1, 0.15) is 20.3 Å². The van der Waals surface area contributed by atoms with E-state index in [4.69, 9.17) is 9.84 Å². The van der Waals surface area contributed by atoms with Gasteiger partial charge in [-0.05, 0) is 13.3 Å². The fourth-order valence-electron chi connectivity index (χ4n) is 1.89. The molecule has 0 spiro atoms. The topological polar surface area (TPSA) is 87.2 Å². The van der Waals surface area contributed by atoms with E-state index in [1.807, 2.05) is 6.92 Å². The molecule has 1 rings (SSSR count). The minimum Gasteiger partial charge on any atom is -0.480 e. The molecule has 20 heavy (non-hydrogen) atoms. The Morgan fingerprint density at radius 3 is 2.65 bits per heavy atom. The van der Waals surface area contributed by atoms with Gasteiger partial charge in [0.05, 0.1) is 12.5 Å². The Morgan fingerprint density at radius 1 is 1.40 bits per heavy atom. The Bertz CT molecular complexity index is 377. The van der Waals surface area contributed by atoms with Gasteiger partial charge in [-0.3, -0.25) is 4.79 Å². The molecule has 8 heteroatoms. The normalized spacial score (nSPS) is 17.9. The lowest BCUT2D eigenvalue weighted by atomic mass is 10.3. The zero-order valence-electron chi connectivity index (χ0n) is 11.7. The minimum atomic E-state index is -1.02. The second kappa shape index (κ2) is 7.98. The Morgan fingerprint density at radius 2 is 2.10 bits per heavy atom. The van der Waals surface area contributed by atoms with E-state index in [9.17, 15) is 14.4 Å². The summed E-state index contributed by atoms with van der Waals surface area (Å²) in [5.41, 5.74) is 0. The van der Waals surface area contributed by atoms with Crippen molar-refractivity contribution in [3.63, 3.8) is 0 Å². The summed E-state index contributed by atoms with van der Waals surface area (Å²) in [5.74, 6) is -0.789. The summed E-state index contributed by atoms with van der Waals surface area (Å²) >= 11 is 1.39. The first-order valence-electron chi connectivity index (χ1n) is 6.52. The van der Waals surface area contributed by atoms with Gasteiger partial charge >= 0.3 is 18.0 Å². The maximum absolute atomic E-state index is 12.4. The smallest absolute Gasteiger partial charge is 0.327 e. The molecule has 0 bridgehead atoms. The van der Waals surface area contributed by atoms with Crippen LogP contribution >= 0.6 is 11.8 Å². The molecule has 0 saturated carbocycles. The minimum absolute atomic E-state index is 0.145. The van der Waals surface area contributed by atoms with Crippen molar-refractivity contribution in [2.75, 3.05) is 31.3 Å². The highest BCUT2D eigenvalue weighted by atomic mass is 32.2. The first kappa shape index (κ1) is 16.6. The van der Waals surface area contributed by atoms with E-state index in [0.717, 1.165) is 0 Å². The summed E-state index contributed by atoms with van der Waals surface area (Å²) in [5, 5.41) is 9.09. The number of urea groups is 1. The number of amides is 2. The van der Waals surface area contributed by atoms with Crippen LogP contribution in [0.15, 0.2) is 0 Å². The molecular weight excluding hydrogens is 284 g/mol. The van der Waals surface area contributed by atoms with Crippen LogP contribution in [0, 0.1) is 0 Å². The SMILES string of the molecule is CCCN(CC(=O)OCC)C(=O)N1CSCC1C(=O)O. The van der Waals surface area contributed by atoms with Crippen LogP contribution in [0.5, 0.6) is 0 Å². The molecule has 1 aliphatic heterocycles. The molecular formula is C12H20N2O5S. The standard InChI is InChI=1S/C12H20N2O5S/c1-3-5-13(6-10(15)19-4-2)12(18)14-8-20-7-9(14)11(16)17/h9H,3-8H2,1-2H3,(H,16,17). The van der Waals surface area contributed by atoms with Crippen LogP contribution in [0.25, 0.3) is 0 Å². The number of carbonyl (C=O) groups is 3. The number of carboxylic acids is 1. The molecule has 0 aromatic heterocycles. The largest absolute Gasteiger partial charge is 0.480 e. The summed E-state index contributed by atoms with van der Waals surface area (Å²) in [4.78, 5) is 37.6. The predicted molar refractivity (Wildman–Crippen MR) is 74.5 cm³/mol. The molecule has 2 amide bonds. The lowest BCUT2D eigenvalue weighted by molar-refractivity contribution is -0.143. The van der Waals surface area contributed by atoms with E-state index < -0.39 is 24.0 Å². The Hall–Kier alpha value is -1.44. The fraction of sp³-hybridized carbons (Fsp3) is 0.750. The molecule has 1 heterocycles. The molecule has 1 atom stereocenters. The average molecular weight is 304 g/mol. The van der Waals surface area contributed by atoms with Gasteiger partial charge in [0.2, 0.25) is 0 Å². The lowest BCUT2D eigenvalue weighted by Gasteiger charge is -2.28. The first-order chi connectivity index (χ1) is 9.51. The number of hydrogen-bond acceptors (Lipinski definition) is 5.